The van der Waals surface area contributed by atoms with Crippen molar-refractivity contribution in [1.82, 2.24) is 19.4 Å². The second-order valence-corrected chi connectivity index (χ2v) is 8.62. The van der Waals surface area contributed by atoms with Crippen LogP contribution >= 0.6 is 0 Å². The van der Waals surface area contributed by atoms with Gasteiger partial charge >= 0.3 is 0 Å². The highest BCUT2D eigenvalue weighted by Gasteiger charge is 2.32. The van der Waals surface area contributed by atoms with Crippen LogP contribution in [-0.4, -0.2) is 61.1 Å². The van der Waals surface area contributed by atoms with Gasteiger partial charge in [-0.05, 0) is 38.0 Å². The monoisotopic (exact) mass is 378 g/mol. The maximum absolute atomic E-state index is 12.9. The van der Waals surface area contributed by atoms with Crippen molar-refractivity contribution in [2.45, 2.75) is 32.2 Å². The second-order valence-electron chi connectivity index (χ2n) is 6.75. The number of ether oxygens (including phenoxy) is 1. The number of hydrogen-bond acceptors (Lipinski definition) is 5. The standard InChI is InChI=1S/C18H26N4O3S/c1-13-11-16(5-6-17(13)25-4)12-21-7-9-22(10-8-21)26(23,24)18-14(2)19-20-15(18)3/h5-6,11H,7-10,12H2,1-4H3,(H,19,20). The number of aryl methyl sites for hydroxylation is 3. The summed E-state index contributed by atoms with van der Waals surface area (Å²) in [7, 11) is -1.82. The molecule has 7 nitrogen and oxygen atoms in total. The van der Waals surface area contributed by atoms with Gasteiger partial charge in [-0.25, -0.2) is 8.42 Å². The van der Waals surface area contributed by atoms with Gasteiger partial charge < -0.3 is 4.74 Å². The van der Waals surface area contributed by atoms with Gasteiger partial charge in [-0.2, -0.15) is 9.40 Å². The second kappa shape index (κ2) is 7.38. The summed E-state index contributed by atoms with van der Waals surface area (Å²) >= 11 is 0. The minimum absolute atomic E-state index is 0.316. The lowest BCUT2D eigenvalue weighted by molar-refractivity contribution is 0.181. The number of aromatic amines is 1. The molecular weight excluding hydrogens is 352 g/mol. The van der Waals surface area contributed by atoms with Gasteiger partial charge in [-0.1, -0.05) is 12.1 Å². The van der Waals surface area contributed by atoms with E-state index in [9.17, 15) is 8.42 Å². The lowest BCUT2D eigenvalue weighted by Gasteiger charge is -2.34. The SMILES string of the molecule is COc1ccc(CN2CCN(S(=O)(=O)c3c(C)n[nH]c3C)CC2)cc1C. The average molecular weight is 378 g/mol. The first-order valence-corrected chi connectivity index (χ1v) is 10.1. The van der Waals surface area contributed by atoms with Crippen LogP contribution in [0.15, 0.2) is 23.1 Å². The molecule has 1 aromatic heterocycles. The molecule has 0 saturated carbocycles. The molecule has 1 aliphatic heterocycles. The predicted octanol–water partition coefficient (Wildman–Crippen LogP) is 1.85. The van der Waals surface area contributed by atoms with E-state index >= 15 is 0 Å². The Morgan fingerprint density at radius 1 is 1.15 bits per heavy atom. The normalized spacial score (nSPS) is 16.8. The number of H-pyrrole nitrogens is 1. The first-order chi connectivity index (χ1) is 12.3. The van der Waals surface area contributed by atoms with Gasteiger partial charge in [0.15, 0.2) is 0 Å². The van der Waals surface area contributed by atoms with Crippen molar-refractivity contribution >= 4 is 10.0 Å². The van der Waals surface area contributed by atoms with Gasteiger partial charge in [0.05, 0.1) is 18.5 Å². The number of nitrogens with one attached hydrogen (secondary N) is 1. The van der Waals surface area contributed by atoms with Crippen molar-refractivity contribution in [2.24, 2.45) is 0 Å². The lowest BCUT2D eigenvalue weighted by atomic mass is 10.1. The van der Waals surface area contributed by atoms with Gasteiger partial charge in [0.2, 0.25) is 10.0 Å². The van der Waals surface area contributed by atoms with E-state index in [1.54, 1.807) is 25.3 Å². The molecule has 142 valence electrons. The fraction of sp³-hybridized carbons (Fsp3) is 0.500. The zero-order valence-corrected chi connectivity index (χ0v) is 16.6. The molecule has 1 aromatic carbocycles. The summed E-state index contributed by atoms with van der Waals surface area (Å²) in [6.07, 6.45) is 0. The van der Waals surface area contributed by atoms with E-state index in [0.29, 0.717) is 42.5 Å². The summed E-state index contributed by atoms with van der Waals surface area (Å²) in [5.41, 5.74) is 3.44. The molecule has 1 saturated heterocycles. The Hall–Kier alpha value is -1.90. The fourth-order valence-electron chi connectivity index (χ4n) is 3.47. The number of hydrogen-bond donors (Lipinski definition) is 1. The van der Waals surface area contributed by atoms with Gasteiger partial charge in [0.1, 0.15) is 10.6 Å². The topological polar surface area (TPSA) is 78.5 Å². The molecule has 0 amide bonds. The van der Waals surface area contributed by atoms with Crippen LogP contribution in [0.25, 0.3) is 0 Å². The lowest BCUT2D eigenvalue weighted by Crippen LogP contribution is -2.48. The van der Waals surface area contributed by atoms with E-state index in [-0.39, 0.29) is 0 Å². The number of aromatic nitrogens is 2. The molecule has 1 fully saturated rings. The number of piperazine rings is 1. The van der Waals surface area contributed by atoms with E-state index in [1.165, 1.54) is 5.56 Å². The maximum Gasteiger partial charge on any atom is 0.246 e. The van der Waals surface area contributed by atoms with E-state index < -0.39 is 10.0 Å². The zero-order chi connectivity index (χ0) is 18.9. The Bertz CT molecular complexity index is 864. The van der Waals surface area contributed by atoms with Gasteiger partial charge in [0.25, 0.3) is 0 Å². The third kappa shape index (κ3) is 3.62. The summed E-state index contributed by atoms with van der Waals surface area (Å²) in [5, 5.41) is 6.78. The van der Waals surface area contributed by atoms with Gasteiger partial charge in [-0.3, -0.25) is 10.00 Å². The number of nitrogens with zero attached hydrogens (tertiary/aromatic N) is 3. The van der Waals surface area contributed by atoms with Crippen LogP contribution in [0, 0.1) is 20.8 Å². The van der Waals surface area contributed by atoms with E-state index in [0.717, 1.165) is 17.9 Å². The first-order valence-electron chi connectivity index (χ1n) is 8.70. The van der Waals surface area contributed by atoms with E-state index in [4.69, 9.17) is 4.74 Å². The molecule has 0 atom stereocenters. The molecule has 0 unspecified atom stereocenters. The Kier molecular flexibility index (Phi) is 5.36. The Morgan fingerprint density at radius 2 is 1.85 bits per heavy atom. The Labute approximate surface area is 155 Å². The van der Waals surface area contributed by atoms with Crippen LogP contribution in [0.2, 0.25) is 0 Å². The minimum Gasteiger partial charge on any atom is -0.496 e. The summed E-state index contributed by atoms with van der Waals surface area (Å²) < 4.78 is 32.7. The van der Waals surface area contributed by atoms with Crippen molar-refractivity contribution in [3.63, 3.8) is 0 Å². The van der Waals surface area contributed by atoms with Crippen LogP contribution in [0.5, 0.6) is 5.75 Å². The highest BCUT2D eigenvalue weighted by molar-refractivity contribution is 7.89. The number of sulfonamides is 1. The third-order valence-electron chi connectivity index (χ3n) is 4.86. The molecule has 0 radical (unpaired) electrons. The highest BCUT2D eigenvalue weighted by atomic mass is 32.2. The minimum atomic E-state index is -3.50. The third-order valence-corrected chi connectivity index (χ3v) is 7.02. The summed E-state index contributed by atoms with van der Waals surface area (Å²) in [6.45, 7) is 8.70. The smallest absolute Gasteiger partial charge is 0.246 e. The molecule has 8 heteroatoms. The molecule has 2 aromatic rings. The molecule has 26 heavy (non-hydrogen) atoms. The molecule has 1 N–H and O–H groups in total. The quantitative estimate of drug-likeness (QED) is 0.859. The van der Waals surface area contributed by atoms with Crippen molar-refractivity contribution in [3.05, 3.63) is 40.7 Å². The first kappa shape index (κ1) is 18.9. The van der Waals surface area contributed by atoms with Crippen molar-refractivity contribution < 1.29 is 13.2 Å². The van der Waals surface area contributed by atoms with Crippen LogP contribution in [0.3, 0.4) is 0 Å². The molecule has 2 heterocycles. The maximum atomic E-state index is 12.9. The van der Waals surface area contributed by atoms with E-state index in [1.807, 2.05) is 13.0 Å². The van der Waals surface area contributed by atoms with Crippen LogP contribution in [-0.2, 0) is 16.6 Å². The summed E-state index contributed by atoms with van der Waals surface area (Å²) in [4.78, 5) is 2.60. The highest BCUT2D eigenvalue weighted by Crippen LogP contribution is 2.24. The number of methoxy groups -OCH3 is 1. The van der Waals surface area contributed by atoms with Crippen molar-refractivity contribution in [2.75, 3.05) is 33.3 Å². The summed E-state index contributed by atoms with van der Waals surface area (Å²) in [5.74, 6) is 0.885. The fourth-order valence-corrected chi connectivity index (χ4v) is 5.23. The largest absolute Gasteiger partial charge is 0.496 e. The molecular formula is C18H26N4O3S. The average Bonchev–Trinajstić information content (AvgIpc) is 2.95. The van der Waals surface area contributed by atoms with Gasteiger partial charge in [-0.15, -0.1) is 0 Å². The van der Waals surface area contributed by atoms with Crippen LogP contribution in [0.4, 0.5) is 0 Å². The Balaban J connectivity index is 1.65. The number of benzene rings is 1. The molecule has 1 aliphatic rings. The zero-order valence-electron chi connectivity index (χ0n) is 15.7. The van der Waals surface area contributed by atoms with Crippen LogP contribution in [0.1, 0.15) is 22.5 Å². The van der Waals surface area contributed by atoms with Crippen molar-refractivity contribution in [1.29, 1.82) is 0 Å². The van der Waals surface area contributed by atoms with E-state index in [2.05, 4.69) is 27.2 Å². The van der Waals surface area contributed by atoms with Gasteiger partial charge in [0, 0.05) is 32.7 Å². The van der Waals surface area contributed by atoms with Crippen molar-refractivity contribution in [3.8, 4) is 5.75 Å². The summed E-state index contributed by atoms with van der Waals surface area (Å²) in [6, 6.07) is 6.17. The molecule has 0 spiro atoms. The number of rotatable bonds is 5. The molecule has 3 rings (SSSR count). The van der Waals surface area contributed by atoms with Crippen LogP contribution < -0.4 is 4.74 Å². The molecule has 0 aliphatic carbocycles. The Morgan fingerprint density at radius 3 is 2.38 bits per heavy atom. The molecule has 0 bridgehead atoms. The predicted molar refractivity (Wildman–Crippen MR) is 99.8 cm³/mol.